The number of aryl methyl sites for hydroxylation is 1. The van der Waals surface area contributed by atoms with Crippen LogP contribution in [-0.4, -0.2) is 40.4 Å². The molecule has 2 aromatic rings. The predicted molar refractivity (Wildman–Crippen MR) is 122 cm³/mol. The molecule has 0 aliphatic carbocycles. The molecule has 10 heteroatoms. The van der Waals surface area contributed by atoms with Crippen LogP contribution in [0.3, 0.4) is 0 Å². The quantitative estimate of drug-likeness (QED) is 0.617. The normalized spacial score (nSPS) is 15.7. The molecule has 0 aromatic carbocycles. The van der Waals surface area contributed by atoms with Crippen molar-refractivity contribution in [3.63, 3.8) is 0 Å². The lowest BCUT2D eigenvalue weighted by Crippen LogP contribution is -2.35. The van der Waals surface area contributed by atoms with Gasteiger partial charge in [0.15, 0.2) is 11.6 Å². The summed E-state index contributed by atoms with van der Waals surface area (Å²) in [7, 11) is 3.61. The molecular formula is C23H23ClF2N4O3. The number of nitrogens with one attached hydrogen (secondary N) is 1. The van der Waals surface area contributed by atoms with Gasteiger partial charge in [0.25, 0.3) is 5.56 Å². The van der Waals surface area contributed by atoms with Gasteiger partial charge in [0.05, 0.1) is 11.9 Å². The minimum atomic E-state index is -0.865. The average molecular weight is 477 g/mol. The highest BCUT2D eigenvalue weighted by molar-refractivity contribution is 6.31. The van der Waals surface area contributed by atoms with E-state index in [4.69, 9.17) is 16.3 Å². The average Bonchev–Trinajstić information content (AvgIpc) is 2.75. The van der Waals surface area contributed by atoms with Crippen LogP contribution in [0.4, 0.5) is 8.78 Å². The molecule has 1 aliphatic heterocycles. The Hall–Kier alpha value is -3.46. The van der Waals surface area contributed by atoms with Gasteiger partial charge in [-0.2, -0.15) is 0 Å². The number of allylic oxidation sites excluding steroid dienone is 2. The van der Waals surface area contributed by atoms with Crippen LogP contribution >= 0.6 is 11.6 Å². The second-order valence-electron chi connectivity index (χ2n) is 7.68. The van der Waals surface area contributed by atoms with E-state index in [9.17, 15) is 18.4 Å². The molecule has 1 N–H and O–H groups in total. The number of hydrogen-bond acceptors (Lipinski definition) is 6. The first kappa shape index (κ1) is 24.2. The molecule has 1 atom stereocenters. The Morgan fingerprint density at radius 3 is 2.73 bits per heavy atom. The number of ether oxygens (including phenoxy) is 1. The summed E-state index contributed by atoms with van der Waals surface area (Å²) in [6.45, 7) is 3.14. The predicted octanol–water partition coefficient (Wildman–Crippen LogP) is 3.42. The molecule has 0 spiro atoms. The third-order valence-corrected chi connectivity index (χ3v) is 5.19. The summed E-state index contributed by atoms with van der Waals surface area (Å²) in [6.07, 6.45) is 7.27. The van der Waals surface area contributed by atoms with E-state index < -0.39 is 23.2 Å². The summed E-state index contributed by atoms with van der Waals surface area (Å²) >= 11 is 6.27. The SMILES string of the molecule is CC1=CNC(C(=O)/C=C/N(C)C)C=C1n1c(C)cc(OCc2ncc(F)cc2F)c(Cl)c1=O. The fourth-order valence-electron chi connectivity index (χ4n) is 3.15. The second-order valence-corrected chi connectivity index (χ2v) is 8.06. The molecule has 174 valence electrons. The highest BCUT2D eigenvalue weighted by atomic mass is 35.5. The smallest absolute Gasteiger partial charge is 0.277 e. The lowest BCUT2D eigenvalue weighted by Gasteiger charge is -2.23. The van der Waals surface area contributed by atoms with Crippen LogP contribution in [0, 0.1) is 18.6 Å². The van der Waals surface area contributed by atoms with E-state index >= 15 is 0 Å². The van der Waals surface area contributed by atoms with Gasteiger partial charge in [-0.3, -0.25) is 19.1 Å². The first-order valence-corrected chi connectivity index (χ1v) is 10.3. The third kappa shape index (κ3) is 5.48. The second kappa shape index (κ2) is 9.99. The standard InChI is InChI=1S/C23H23ClF2N4O3/c1-13-10-27-17(20(31)5-6-29(3)4)9-19(13)30-14(2)7-21(22(24)23(30)32)33-12-18-16(26)8-15(25)11-28-18/h5-11,17,27H,12H2,1-4H3/b6-5+. The maximum atomic E-state index is 13.8. The number of aromatic nitrogens is 2. The fourth-order valence-corrected chi connectivity index (χ4v) is 3.34. The van der Waals surface area contributed by atoms with Crippen molar-refractivity contribution in [2.75, 3.05) is 14.1 Å². The molecule has 0 fully saturated rings. The van der Waals surface area contributed by atoms with Crippen LogP contribution in [0.1, 0.15) is 18.3 Å². The summed E-state index contributed by atoms with van der Waals surface area (Å²) in [5.41, 5.74) is 1.04. The first-order chi connectivity index (χ1) is 15.6. The van der Waals surface area contributed by atoms with E-state index in [0.717, 1.165) is 11.8 Å². The fraction of sp³-hybridized carbons (Fsp3) is 0.261. The van der Waals surface area contributed by atoms with Crippen LogP contribution in [0.15, 0.2) is 53.2 Å². The lowest BCUT2D eigenvalue weighted by molar-refractivity contribution is -0.115. The van der Waals surface area contributed by atoms with Crippen molar-refractivity contribution in [1.29, 1.82) is 0 Å². The molecule has 0 radical (unpaired) electrons. The molecule has 0 saturated heterocycles. The minimum absolute atomic E-state index is 0.0404. The Balaban J connectivity index is 1.92. The summed E-state index contributed by atoms with van der Waals surface area (Å²) in [6, 6.07) is 1.57. The van der Waals surface area contributed by atoms with Crippen LogP contribution in [0.2, 0.25) is 5.02 Å². The van der Waals surface area contributed by atoms with Crippen molar-refractivity contribution < 1.29 is 18.3 Å². The Morgan fingerprint density at radius 1 is 1.33 bits per heavy atom. The zero-order valence-corrected chi connectivity index (χ0v) is 19.3. The summed E-state index contributed by atoms with van der Waals surface area (Å²) in [5, 5.41) is 2.79. The number of ketones is 1. The minimum Gasteiger partial charge on any atom is -0.485 e. The van der Waals surface area contributed by atoms with Gasteiger partial charge in [-0.25, -0.2) is 8.78 Å². The zero-order chi connectivity index (χ0) is 24.3. The monoisotopic (exact) mass is 476 g/mol. The molecule has 1 unspecified atom stereocenters. The van der Waals surface area contributed by atoms with Gasteiger partial charge in [-0.1, -0.05) is 11.6 Å². The van der Waals surface area contributed by atoms with Gasteiger partial charge in [-0.15, -0.1) is 0 Å². The van der Waals surface area contributed by atoms with Gasteiger partial charge in [0.2, 0.25) is 0 Å². The molecule has 3 heterocycles. The Labute approximate surface area is 194 Å². The number of rotatable bonds is 7. The Bertz CT molecular complexity index is 1230. The number of carbonyl (C=O) groups is 1. The van der Waals surface area contributed by atoms with E-state index in [2.05, 4.69) is 10.3 Å². The van der Waals surface area contributed by atoms with Crippen molar-refractivity contribution in [2.45, 2.75) is 26.5 Å². The van der Waals surface area contributed by atoms with E-state index in [0.29, 0.717) is 17.5 Å². The van der Waals surface area contributed by atoms with Gasteiger partial charge < -0.3 is 15.0 Å². The number of dihydropyridines is 1. The van der Waals surface area contributed by atoms with E-state index in [1.165, 1.54) is 16.7 Å². The Morgan fingerprint density at radius 2 is 2.06 bits per heavy atom. The Kier molecular flexibility index (Phi) is 7.33. The molecular weight excluding hydrogens is 454 g/mol. The number of halogens is 3. The summed E-state index contributed by atoms with van der Waals surface area (Å²) < 4.78 is 33.8. The molecule has 33 heavy (non-hydrogen) atoms. The number of nitrogens with zero attached hydrogens (tertiary/aromatic N) is 3. The van der Waals surface area contributed by atoms with Gasteiger partial charge in [-0.05, 0) is 31.6 Å². The van der Waals surface area contributed by atoms with E-state index in [-0.39, 0.29) is 28.9 Å². The third-order valence-electron chi connectivity index (χ3n) is 4.84. The van der Waals surface area contributed by atoms with Crippen molar-refractivity contribution in [1.82, 2.24) is 19.8 Å². The molecule has 0 bridgehead atoms. The van der Waals surface area contributed by atoms with Crippen molar-refractivity contribution in [3.8, 4) is 5.75 Å². The topological polar surface area (TPSA) is 76.5 Å². The molecule has 3 rings (SSSR count). The zero-order valence-electron chi connectivity index (χ0n) is 18.5. The van der Waals surface area contributed by atoms with Crippen molar-refractivity contribution in [2.24, 2.45) is 0 Å². The van der Waals surface area contributed by atoms with Gasteiger partial charge in [0, 0.05) is 44.3 Å². The number of hydrogen-bond donors (Lipinski definition) is 1. The van der Waals surface area contributed by atoms with Gasteiger partial charge >= 0.3 is 0 Å². The molecule has 7 nitrogen and oxygen atoms in total. The highest BCUT2D eigenvalue weighted by Gasteiger charge is 2.22. The first-order valence-electron chi connectivity index (χ1n) is 9.97. The van der Waals surface area contributed by atoms with Crippen molar-refractivity contribution in [3.05, 3.63) is 86.9 Å². The van der Waals surface area contributed by atoms with Crippen molar-refractivity contribution >= 4 is 23.1 Å². The van der Waals surface area contributed by atoms with Crippen LogP contribution in [0.25, 0.3) is 5.70 Å². The molecule has 0 saturated carbocycles. The van der Waals surface area contributed by atoms with Crippen LogP contribution in [0.5, 0.6) is 5.75 Å². The molecule has 0 amide bonds. The molecule has 1 aliphatic rings. The molecule has 2 aromatic heterocycles. The number of pyridine rings is 2. The number of carbonyl (C=O) groups excluding carboxylic acids is 1. The maximum Gasteiger partial charge on any atom is 0.277 e. The van der Waals surface area contributed by atoms with E-state index in [1.807, 2.05) is 0 Å². The largest absolute Gasteiger partial charge is 0.485 e. The maximum absolute atomic E-state index is 13.8. The highest BCUT2D eigenvalue weighted by Crippen LogP contribution is 2.27. The van der Waals surface area contributed by atoms with Gasteiger partial charge in [0.1, 0.15) is 34.9 Å². The summed E-state index contributed by atoms with van der Waals surface area (Å²) in [4.78, 5) is 31.0. The van der Waals surface area contributed by atoms with Crippen LogP contribution in [-0.2, 0) is 11.4 Å². The lowest BCUT2D eigenvalue weighted by atomic mass is 10.0. The summed E-state index contributed by atoms with van der Waals surface area (Å²) in [5.74, 6) is -1.81. The van der Waals surface area contributed by atoms with Crippen LogP contribution < -0.4 is 15.6 Å². The van der Waals surface area contributed by atoms with E-state index in [1.54, 1.807) is 51.3 Å².